The number of ether oxygens (including phenoxy) is 2. The number of carbonyl (C=O) groups excluding carboxylic acids is 2. The van der Waals surface area contributed by atoms with Gasteiger partial charge in [0.1, 0.15) is 11.8 Å². The molecule has 41 heavy (non-hydrogen) atoms. The van der Waals surface area contributed by atoms with Gasteiger partial charge in [-0.15, -0.1) is 13.2 Å². The first-order valence-corrected chi connectivity index (χ1v) is 15.0. The number of hydrogen-bond donors (Lipinski definition) is 1. The molecule has 1 fully saturated rings. The molecule has 7 nitrogen and oxygen atoms in total. The Hall–Kier alpha value is -3.83. The molecular formula is C30H33F3N2O5Si. The van der Waals surface area contributed by atoms with Crippen molar-refractivity contribution in [3.8, 4) is 5.75 Å². The molecule has 1 aliphatic rings. The molecule has 1 saturated heterocycles. The van der Waals surface area contributed by atoms with Crippen LogP contribution in [0.1, 0.15) is 27.2 Å². The van der Waals surface area contributed by atoms with Crippen molar-refractivity contribution in [1.29, 1.82) is 0 Å². The highest BCUT2D eigenvalue weighted by molar-refractivity contribution is 6.99. The fraction of sp³-hybridized carbons (Fsp3) is 0.333. The van der Waals surface area contributed by atoms with Gasteiger partial charge in [-0.3, -0.25) is 0 Å². The Balaban J connectivity index is 1.63. The number of hydrogen-bond acceptors (Lipinski definition) is 5. The molecule has 2 atom stereocenters. The predicted octanol–water partition coefficient (Wildman–Crippen LogP) is 5.31. The number of rotatable bonds is 7. The van der Waals surface area contributed by atoms with Crippen LogP contribution >= 0.6 is 0 Å². The van der Waals surface area contributed by atoms with E-state index < -0.39 is 44.6 Å². The van der Waals surface area contributed by atoms with Gasteiger partial charge in [-0.1, -0.05) is 81.4 Å². The minimum atomic E-state index is -4.83. The summed E-state index contributed by atoms with van der Waals surface area (Å²) in [5.41, 5.74) is 0.240. The van der Waals surface area contributed by atoms with Crippen LogP contribution in [-0.2, 0) is 14.0 Å². The van der Waals surface area contributed by atoms with Gasteiger partial charge in [-0.2, -0.15) is 0 Å². The van der Waals surface area contributed by atoms with Crippen molar-refractivity contribution in [2.75, 3.05) is 19.0 Å². The van der Waals surface area contributed by atoms with Gasteiger partial charge in [0.15, 0.2) is 0 Å². The summed E-state index contributed by atoms with van der Waals surface area (Å²) in [7, 11) is -1.71. The predicted molar refractivity (Wildman–Crippen MR) is 152 cm³/mol. The fourth-order valence-electron chi connectivity index (χ4n) is 5.34. The zero-order valence-corrected chi connectivity index (χ0v) is 24.3. The first kappa shape index (κ1) is 30.1. The number of urea groups is 1. The van der Waals surface area contributed by atoms with Crippen molar-refractivity contribution in [2.45, 2.75) is 50.7 Å². The molecule has 1 aliphatic heterocycles. The number of nitrogens with zero attached hydrogens (tertiary/aromatic N) is 1. The number of carbonyl (C=O) groups is 2. The van der Waals surface area contributed by atoms with Crippen molar-refractivity contribution in [3.63, 3.8) is 0 Å². The van der Waals surface area contributed by atoms with Crippen molar-refractivity contribution in [1.82, 2.24) is 4.90 Å². The molecule has 1 heterocycles. The lowest BCUT2D eigenvalue weighted by atomic mass is 10.2. The number of likely N-dealkylation sites (tertiary alicyclic amines) is 1. The Morgan fingerprint density at radius 2 is 1.41 bits per heavy atom. The number of nitrogens with one attached hydrogen (secondary N) is 1. The van der Waals surface area contributed by atoms with Crippen LogP contribution in [0.2, 0.25) is 5.04 Å². The molecule has 4 rings (SSSR count). The van der Waals surface area contributed by atoms with E-state index in [-0.39, 0.29) is 23.7 Å². The van der Waals surface area contributed by atoms with Crippen LogP contribution in [0.5, 0.6) is 5.75 Å². The summed E-state index contributed by atoms with van der Waals surface area (Å²) in [6, 6.07) is 23.3. The Kier molecular flexibility index (Phi) is 8.79. The smallest absolute Gasteiger partial charge is 0.467 e. The molecular weight excluding hydrogens is 553 g/mol. The van der Waals surface area contributed by atoms with Crippen LogP contribution in [-0.4, -0.2) is 57.4 Å². The average molecular weight is 587 g/mol. The fourth-order valence-corrected chi connectivity index (χ4v) is 10.0. The molecule has 3 aromatic carbocycles. The molecule has 218 valence electrons. The van der Waals surface area contributed by atoms with Crippen LogP contribution in [0.25, 0.3) is 0 Å². The molecule has 1 unspecified atom stereocenters. The summed E-state index contributed by atoms with van der Waals surface area (Å²) >= 11 is 0. The Bertz CT molecular complexity index is 1290. The first-order chi connectivity index (χ1) is 19.3. The maximum absolute atomic E-state index is 13.4. The normalized spacial score (nSPS) is 17.7. The number of halogens is 3. The maximum atomic E-state index is 13.4. The van der Waals surface area contributed by atoms with E-state index in [1.165, 1.54) is 24.1 Å². The molecule has 0 aromatic heterocycles. The van der Waals surface area contributed by atoms with E-state index >= 15 is 0 Å². The second-order valence-corrected chi connectivity index (χ2v) is 15.1. The van der Waals surface area contributed by atoms with Gasteiger partial charge < -0.3 is 24.1 Å². The largest absolute Gasteiger partial charge is 0.573 e. The SMILES string of the molecule is COC(=O)C1C[C@@H](O[Si](c2ccccc2)(c2ccccc2)C(C)(C)C)CN1C(=O)Nc1ccc(OC(F)(F)F)cc1. The van der Waals surface area contributed by atoms with Crippen LogP contribution in [0.15, 0.2) is 84.9 Å². The van der Waals surface area contributed by atoms with Crippen LogP contribution in [0.3, 0.4) is 0 Å². The van der Waals surface area contributed by atoms with Crippen molar-refractivity contribution >= 4 is 36.4 Å². The highest BCUT2D eigenvalue weighted by atomic mass is 28.4. The Morgan fingerprint density at radius 1 is 0.878 bits per heavy atom. The summed E-state index contributed by atoms with van der Waals surface area (Å²) in [5.74, 6) is -0.995. The lowest BCUT2D eigenvalue weighted by Crippen LogP contribution is -2.67. The van der Waals surface area contributed by atoms with E-state index in [2.05, 4.69) is 55.1 Å². The van der Waals surface area contributed by atoms with Gasteiger partial charge in [0.05, 0.1) is 13.2 Å². The Morgan fingerprint density at radius 3 is 1.88 bits per heavy atom. The van der Waals surface area contributed by atoms with E-state index in [1.807, 2.05) is 36.4 Å². The third-order valence-corrected chi connectivity index (χ3v) is 12.2. The molecule has 0 bridgehead atoms. The Labute approximate surface area is 238 Å². The lowest BCUT2D eigenvalue weighted by Gasteiger charge is -2.44. The maximum Gasteiger partial charge on any atom is 0.573 e. The number of benzene rings is 3. The third-order valence-electron chi connectivity index (χ3n) is 7.10. The summed E-state index contributed by atoms with van der Waals surface area (Å²) < 4.78 is 53.5. The first-order valence-electron chi connectivity index (χ1n) is 13.1. The van der Waals surface area contributed by atoms with E-state index in [9.17, 15) is 22.8 Å². The number of esters is 1. The van der Waals surface area contributed by atoms with Gasteiger partial charge in [-0.25, -0.2) is 9.59 Å². The standard InChI is InChI=1S/C30H33F3N2O5Si/c1-29(2,3)41(24-11-7-5-8-12-24,25-13-9-6-10-14-25)40-23-19-26(27(36)38-4)35(20-23)28(37)34-21-15-17-22(18-16-21)39-30(31,32)33/h5-18,23,26H,19-20H2,1-4H3,(H,34,37)/t23-,26?/m1/s1. The summed E-state index contributed by atoms with van der Waals surface area (Å²) in [6.45, 7) is 6.54. The van der Waals surface area contributed by atoms with Crippen LogP contribution < -0.4 is 20.4 Å². The molecule has 3 aromatic rings. The zero-order valence-electron chi connectivity index (χ0n) is 23.3. The summed E-state index contributed by atoms with van der Waals surface area (Å²) in [5, 5.41) is 4.48. The quantitative estimate of drug-likeness (QED) is 0.300. The summed E-state index contributed by atoms with van der Waals surface area (Å²) in [4.78, 5) is 27.5. The lowest BCUT2D eigenvalue weighted by molar-refractivity contribution is -0.274. The number of anilines is 1. The average Bonchev–Trinajstić information content (AvgIpc) is 3.36. The van der Waals surface area contributed by atoms with E-state index in [1.54, 1.807) is 0 Å². The van der Waals surface area contributed by atoms with Gasteiger partial charge in [-0.05, 0) is 39.7 Å². The molecule has 1 N–H and O–H groups in total. The topological polar surface area (TPSA) is 77.1 Å². The number of methoxy groups -OCH3 is 1. The number of alkyl halides is 3. The van der Waals surface area contributed by atoms with Crippen LogP contribution in [0.4, 0.5) is 23.7 Å². The number of amides is 2. The molecule has 0 saturated carbocycles. The molecule has 0 radical (unpaired) electrons. The van der Waals surface area contributed by atoms with E-state index in [0.717, 1.165) is 22.5 Å². The molecule has 11 heteroatoms. The van der Waals surface area contributed by atoms with Crippen molar-refractivity contribution < 1.29 is 36.7 Å². The molecule has 0 spiro atoms. The van der Waals surface area contributed by atoms with Gasteiger partial charge in [0, 0.05) is 18.7 Å². The minimum absolute atomic E-state index is 0.116. The monoisotopic (exact) mass is 586 g/mol. The van der Waals surface area contributed by atoms with Crippen molar-refractivity contribution in [3.05, 3.63) is 84.9 Å². The third kappa shape index (κ3) is 6.74. The van der Waals surface area contributed by atoms with Crippen LogP contribution in [0, 0.1) is 0 Å². The highest BCUT2D eigenvalue weighted by Crippen LogP contribution is 2.39. The van der Waals surface area contributed by atoms with Gasteiger partial charge in [0.2, 0.25) is 0 Å². The summed E-state index contributed by atoms with van der Waals surface area (Å²) in [6.07, 6.45) is -5.09. The van der Waals surface area contributed by atoms with Gasteiger partial charge in [0.25, 0.3) is 8.32 Å². The second kappa shape index (κ2) is 12.0. The van der Waals surface area contributed by atoms with Gasteiger partial charge >= 0.3 is 18.4 Å². The second-order valence-electron chi connectivity index (χ2n) is 10.8. The molecule has 0 aliphatic carbocycles. The van der Waals surface area contributed by atoms with Crippen molar-refractivity contribution in [2.24, 2.45) is 0 Å². The molecule has 2 amide bonds. The zero-order chi connectivity index (χ0) is 29.8. The highest BCUT2D eigenvalue weighted by Gasteiger charge is 2.53. The minimum Gasteiger partial charge on any atom is -0.467 e. The van der Waals surface area contributed by atoms with E-state index in [4.69, 9.17) is 9.16 Å². The van der Waals surface area contributed by atoms with E-state index in [0.29, 0.717) is 0 Å².